The largest absolute Gasteiger partial charge is 0.375 e. The Kier molecular flexibility index (Phi) is 4.60. The summed E-state index contributed by atoms with van der Waals surface area (Å²) < 4.78 is 0. The first-order valence-electron chi connectivity index (χ1n) is 6.74. The van der Waals surface area contributed by atoms with Gasteiger partial charge < -0.3 is 10.2 Å². The van der Waals surface area contributed by atoms with Crippen LogP contribution in [0.2, 0.25) is 0 Å². The molecule has 0 spiro atoms. The lowest BCUT2D eigenvalue weighted by Gasteiger charge is -2.27. The molecule has 18 heavy (non-hydrogen) atoms. The topological polar surface area (TPSA) is 39.1 Å². The Morgan fingerprint density at radius 1 is 1.44 bits per heavy atom. The Bertz CT molecular complexity index is 416. The summed E-state index contributed by atoms with van der Waals surface area (Å²) in [5, 5.41) is 12.5. The van der Waals surface area contributed by atoms with Crippen LogP contribution in [-0.2, 0) is 0 Å². The Morgan fingerprint density at radius 3 is 3.06 bits per heavy atom. The monoisotopic (exact) mass is 243 g/mol. The maximum Gasteiger partial charge on any atom is 0.0992 e. The van der Waals surface area contributed by atoms with Crippen molar-refractivity contribution in [1.82, 2.24) is 5.32 Å². The molecule has 0 radical (unpaired) electrons. The van der Waals surface area contributed by atoms with Gasteiger partial charge in [0.25, 0.3) is 0 Å². The fraction of sp³-hybridized carbons (Fsp3) is 0.533. The first-order valence-corrected chi connectivity index (χ1v) is 6.74. The average molecular weight is 243 g/mol. The van der Waals surface area contributed by atoms with E-state index >= 15 is 0 Å². The van der Waals surface area contributed by atoms with Crippen LogP contribution >= 0.6 is 0 Å². The number of piperidine rings is 1. The predicted molar refractivity (Wildman–Crippen MR) is 74.7 cm³/mol. The minimum Gasteiger partial charge on any atom is -0.375 e. The van der Waals surface area contributed by atoms with E-state index in [-0.39, 0.29) is 0 Å². The summed E-state index contributed by atoms with van der Waals surface area (Å²) in [5.74, 6) is 0. The lowest BCUT2D eigenvalue weighted by molar-refractivity contribution is 0.384. The van der Waals surface area contributed by atoms with Gasteiger partial charge in [-0.05, 0) is 44.0 Å². The summed E-state index contributed by atoms with van der Waals surface area (Å²) in [7, 11) is 2.10. The lowest BCUT2D eigenvalue weighted by atomic mass is 10.0. The second-order valence-electron chi connectivity index (χ2n) is 5.02. The highest BCUT2D eigenvalue weighted by atomic mass is 15.1. The third-order valence-electron chi connectivity index (χ3n) is 3.64. The summed E-state index contributed by atoms with van der Waals surface area (Å²) in [5.41, 5.74) is 1.86. The van der Waals surface area contributed by atoms with E-state index in [2.05, 4.69) is 29.4 Å². The molecule has 1 unspecified atom stereocenters. The number of nitrogens with zero attached hydrogens (tertiary/aromatic N) is 2. The summed E-state index contributed by atoms with van der Waals surface area (Å²) in [6.45, 7) is 2.20. The van der Waals surface area contributed by atoms with Gasteiger partial charge in [-0.3, -0.25) is 0 Å². The molecule has 0 amide bonds. The molecule has 3 heteroatoms. The van der Waals surface area contributed by atoms with Crippen LogP contribution in [0.4, 0.5) is 5.69 Å². The fourth-order valence-corrected chi connectivity index (χ4v) is 2.46. The van der Waals surface area contributed by atoms with Crippen molar-refractivity contribution in [2.24, 2.45) is 0 Å². The molecule has 3 nitrogen and oxygen atoms in total. The summed E-state index contributed by atoms with van der Waals surface area (Å²) >= 11 is 0. The highest BCUT2D eigenvalue weighted by Gasteiger charge is 2.13. The predicted octanol–water partition coefficient (Wildman–Crippen LogP) is 2.53. The zero-order chi connectivity index (χ0) is 12.8. The van der Waals surface area contributed by atoms with Crippen LogP contribution in [0.15, 0.2) is 24.3 Å². The van der Waals surface area contributed by atoms with Crippen LogP contribution in [0.3, 0.4) is 0 Å². The van der Waals surface area contributed by atoms with E-state index in [1.54, 1.807) is 0 Å². The first kappa shape index (κ1) is 12.9. The van der Waals surface area contributed by atoms with Gasteiger partial charge in [-0.15, -0.1) is 0 Å². The highest BCUT2D eigenvalue weighted by Crippen LogP contribution is 2.16. The van der Waals surface area contributed by atoms with Crippen LogP contribution < -0.4 is 10.2 Å². The minimum atomic E-state index is 0.667. The van der Waals surface area contributed by atoms with E-state index in [0.717, 1.165) is 24.3 Å². The van der Waals surface area contributed by atoms with Crippen molar-refractivity contribution in [2.75, 3.05) is 25.0 Å². The molecule has 1 heterocycles. The number of anilines is 1. The molecular formula is C15H21N3. The van der Waals surface area contributed by atoms with Gasteiger partial charge in [0.15, 0.2) is 0 Å². The average Bonchev–Trinajstić information content (AvgIpc) is 2.46. The minimum absolute atomic E-state index is 0.667. The van der Waals surface area contributed by atoms with Crippen molar-refractivity contribution in [2.45, 2.75) is 31.7 Å². The number of hydrogen-bond donors (Lipinski definition) is 1. The van der Waals surface area contributed by atoms with Gasteiger partial charge in [0.1, 0.15) is 0 Å². The Hall–Kier alpha value is -1.53. The molecule has 2 rings (SSSR count). The van der Waals surface area contributed by atoms with Crippen molar-refractivity contribution in [3.05, 3.63) is 29.8 Å². The number of nitrogens with one attached hydrogen (secondary N) is 1. The van der Waals surface area contributed by atoms with Crippen molar-refractivity contribution < 1.29 is 0 Å². The quantitative estimate of drug-likeness (QED) is 0.883. The van der Waals surface area contributed by atoms with Gasteiger partial charge in [0, 0.05) is 25.3 Å². The highest BCUT2D eigenvalue weighted by molar-refractivity contribution is 5.50. The van der Waals surface area contributed by atoms with E-state index in [1.807, 2.05) is 18.2 Å². The second-order valence-corrected chi connectivity index (χ2v) is 5.02. The van der Waals surface area contributed by atoms with Crippen LogP contribution in [0.1, 0.15) is 31.2 Å². The number of hydrogen-bond acceptors (Lipinski definition) is 3. The van der Waals surface area contributed by atoms with E-state index in [0.29, 0.717) is 6.04 Å². The number of nitriles is 1. The Morgan fingerprint density at radius 2 is 2.33 bits per heavy atom. The molecule has 1 aromatic carbocycles. The fourth-order valence-electron chi connectivity index (χ4n) is 2.46. The molecule has 1 fully saturated rings. The summed E-state index contributed by atoms with van der Waals surface area (Å²) in [4.78, 5) is 2.23. The molecule has 1 aliphatic heterocycles. The van der Waals surface area contributed by atoms with E-state index in [1.165, 1.54) is 25.7 Å². The SMILES string of the molecule is CN(CCC1CCCCN1)c1cccc(C#N)c1. The van der Waals surface area contributed by atoms with Crippen LogP contribution in [0.25, 0.3) is 0 Å². The molecule has 0 saturated carbocycles. The Labute approximate surface area is 109 Å². The van der Waals surface area contributed by atoms with Crippen molar-refractivity contribution in [3.8, 4) is 6.07 Å². The smallest absolute Gasteiger partial charge is 0.0992 e. The second kappa shape index (κ2) is 6.42. The van der Waals surface area contributed by atoms with Gasteiger partial charge in [-0.2, -0.15) is 5.26 Å². The zero-order valence-corrected chi connectivity index (χ0v) is 11.0. The van der Waals surface area contributed by atoms with Crippen LogP contribution in [0.5, 0.6) is 0 Å². The molecule has 1 atom stereocenters. The molecule has 96 valence electrons. The number of benzene rings is 1. The third kappa shape index (κ3) is 3.48. The number of rotatable bonds is 4. The van der Waals surface area contributed by atoms with E-state index < -0.39 is 0 Å². The molecule has 1 N–H and O–H groups in total. The summed E-state index contributed by atoms with van der Waals surface area (Å²) in [6, 6.07) is 10.7. The molecule has 0 bridgehead atoms. The van der Waals surface area contributed by atoms with Crippen molar-refractivity contribution in [1.29, 1.82) is 5.26 Å². The standard InChI is InChI=1S/C15H21N3/c1-18(10-8-14-6-2-3-9-17-14)15-7-4-5-13(11-15)12-16/h4-5,7,11,14,17H,2-3,6,8-10H2,1H3. The Balaban J connectivity index is 1.86. The van der Waals surface area contributed by atoms with Gasteiger partial charge >= 0.3 is 0 Å². The lowest BCUT2D eigenvalue weighted by Crippen LogP contribution is -2.36. The van der Waals surface area contributed by atoms with Gasteiger partial charge in [0.2, 0.25) is 0 Å². The molecule has 0 aliphatic carbocycles. The molecule has 1 aliphatic rings. The van der Waals surface area contributed by atoms with Crippen molar-refractivity contribution in [3.63, 3.8) is 0 Å². The van der Waals surface area contributed by atoms with Gasteiger partial charge in [-0.1, -0.05) is 12.5 Å². The van der Waals surface area contributed by atoms with E-state index in [4.69, 9.17) is 5.26 Å². The van der Waals surface area contributed by atoms with E-state index in [9.17, 15) is 0 Å². The van der Waals surface area contributed by atoms with Gasteiger partial charge in [-0.25, -0.2) is 0 Å². The van der Waals surface area contributed by atoms with Crippen LogP contribution in [0, 0.1) is 11.3 Å². The zero-order valence-electron chi connectivity index (χ0n) is 11.0. The molecule has 1 saturated heterocycles. The maximum atomic E-state index is 8.90. The van der Waals surface area contributed by atoms with Crippen molar-refractivity contribution >= 4 is 5.69 Å². The van der Waals surface area contributed by atoms with Crippen LogP contribution in [-0.4, -0.2) is 26.2 Å². The summed E-state index contributed by atoms with van der Waals surface area (Å²) in [6.07, 6.45) is 5.14. The maximum absolute atomic E-state index is 8.90. The first-order chi connectivity index (χ1) is 8.79. The van der Waals surface area contributed by atoms with Gasteiger partial charge in [0.05, 0.1) is 11.6 Å². The normalized spacial score (nSPS) is 19.2. The molecular weight excluding hydrogens is 222 g/mol. The molecule has 0 aromatic heterocycles. The molecule has 1 aromatic rings. The third-order valence-corrected chi connectivity index (χ3v) is 3.64.